The number of benzene rings is 1. The molecule has 0 spiro atoms. The maximum atomic E-state index is 11.4. The number of rotatable bonds is 5. The molecule has 18 heavy (non-hydrogen) atoms. The number of nitro benzene ring substituents is 1. The molecule has 0 aromatic heterocycles. The summed E-state index contributed by atoms with van der Waals surface area (Å²) in [5, 5.41) is 11.3. The van der Waals surface area contributed by atoms with Gasteiger partial charge in [0.2, 0.25) is 0 Å². The van der Waals surface area contributed by atoms with Gasteiger partial charge in [0.25, 0.3) is 5.69 Å². The predicted molar refractivity (Wildman–Crippen MR) is 70.8 cm³/mol. The van der Waals surface area contributed by atoms with Crippen LogP contribution >= 0.6 is 15.9 Å². The van der Waals surface area contributed by atoms with Gasteiger partial charge in [-0.15, -0.1) is 0 Å². The molecule has 1 aromatic carbocycles. The first kappa shape index (κ1) is 14.6. The van der Waals surface area contributed by atoms with Crippen molar-refractivity contribution in [2.45, 2.75) is 25.6 Å². The van der Waals surface area contributed by atoms with E-state index >= 15 is 0 Å². The number of halogens is 1. The second kappa shape index (κ2) is 6.49. The van der Waals surface area contributed by atoms with Crippen LogP contribution in [0.15, 0.2) is 12.1 Å². The lowest BCUT2D eigenvalue weighted by atomic mass is 10.0. The van der Waals surface area contributed by atoms with Crippen molar-refractivity contribution in [1.29, 1.82) is 0 Å². The number of ether oxygens (including phenoxy) is 1. The van der Waals surface area contributed by atoms with Crippen molar-refractivity contribution in [2.24, 2.45) is 0 Å². The fourth-order valence-electron chi connectivity index (χ4n) is 1.78. The predicted octanol–water partition coefficient (Wildman–Crippen LogP) is 2.90. The zero-order valence-electron chi connectivity index (χ0n) is 10.2. The number of carbonyl (C=O) groups excluding carboxylic acids is 1. The highest BCUT2D eigenvalue weighted by atomic mass is 79.9. The van der Waals surface area contributed by atoms with Crippen LogP contribution in [0.25, 0.3) is 0 Å². The fraction of sp³-hybridized carbons (Fsp3) is 0.417. The molecule has 0 aliphatic heterocycles. The minimum atomic E-state index is -0.403. The minimum Gasteiger partial charge on any atom is -0.466 e. The third-order valence-corrected chi connectivity index (χ3v) is 3.02. The van der Waals surface area contributed by atoms with Crippen molar-refractivity contribution >= 4 is 27.6 Å². The largest absolute Gasteiger partial charge is 0.466 e. The van der Waals surface area contributed by atoms with E-state index in [9.17, 15) is 14.9 Å². The molecular weight excluding hydrogens is 302 g/mol. The Kier molecular flexibility index (Phi) is 5.27. The molecule has 1 aromatic rings. The quantitative estimate of drug-likeness (QED) is 0.362. The summed E-state index contributed by atoms with van der Waals surface area (Å²) in [7, 11) is 0. The van der Waals surface area contributed by atoms with Gasteiger partial charge in [-0.2, -0.15) is 0 Å². The Morgan fingerprint density at radius 1 is 1.50 bits per heavy atom. The number of esters is 1. The molecule has 0 unspecified atom stereocenters. The first-order chi connectivity index (χ1) is 8.49. The molecule has 0 heterocycles. The number of nitro groups is 1. The maximum Gasteiger partial charge on any atom is 0.310 e. The van der Waals surface area contributed by atoms with Crippen LogP contribution in [0, 0.1) is 17.0 Å². The monoisotopic (exact) mass is 315 g/mol. The standard InChI is InChI=1S/C12H14BrNO4/c1-3-18-11(15)6-9-4-8(2)12(14(16)17)10(5-9)7-13/h4-5H,3,6-7H2,1-2H3. The molecule has 0 N–H and O–H groups in total. The summed E-state index contributed by atoms with van der Waals surface area (Å²) in [5.41, 5.74) is 1.95. The Morgan fingerprint density at radius 3 is 2.67 bits per heavy atom. The topological polar surface area (TPSA) is 69.4 Å². The van der Waals surface area contributed by atoms with E-state index in [4.69, 9.17) is 4.74 Å². The molecule has 0 saturated heterocycles. The van der Waals surface area contributed by atoms with Crippen LogP contribution in [0.2, 0.25) is 0 Å². The van der Waals surface area contributed by atoms with Gasteiger partial charge in [0, 0.05) is 16.5 Å². The Bertz CT molecular complexity index is 473. The first-order valence-electron chi connectivity index (χ1n) is 5.48. The Labute approximate surface area is 113 Å². The van der Waals surface area contributed by atoms with Crippen LogP contribution in [0.1, 0.15) is 23.6 Å². The van der Waals surface area contributed by atoms with Crippen LogP contribution in [-0.2, 0) is 21.3 Å². The average Bonchev–Trinajstić information content (AvgIpc) is 2.27. The van der Waals surface area contributed by atoms with Gasteiger partial charge in [0.05, 0.1) is 18.0 Å². The van der Waals surface area contributed by atoms with Crippen LogP contribution in [0.3, 0.4) is 0 Å². The van der Waals surface area contributed by atoms with Gasteiger partial charge < -0.3 is 4.74 Å². The van der Waals surface area contributed by atoms with Crippen LogP contribution < -0.4 is 0 Å². The zero-order chi connectivity index (χ0) is 13.7. The van der Waals surface area contributed by atoms with E-state index in [1.165, 1.54) is 0 Å². The molecule has 6 heteroatoms. The highest BCUT2D eigenvalue weighted by Gasteiger charge is 2.18. The SMILES string of the molecule is CCOC(=O)Cc1cc(C)c([N+](=O)[O-])c(CBr)c1. The molecule has 0 radical (unpaired) electrons. The molecule has 1 rings (SSSR count). The molecular formula is C12H14BrNO4. The molecule has 0 bridgehead atoms. The van der Waals surface area contributed by atoms with Crippen LogP contribution in [-0.4, -0.2) is 17.5 Å². The van der Waals surface area contributed by atoms with Gasteiger partial charge in [0.15, 0.2) is 0 Å². The van der Waals surface area contributed by atoms with E-state index in [1.807, 2.05) is 0 Å². The van der Waals surface area contributed by atoms with E-state index in [2.05, 4.69) is 15.9 Å². The summed E-state index contributed by atoms with van der Waals surface area (Å²) in [6, 6.07) is 3.32. The van der Waals surface area contributed by atoms with Gasteiger partial charge in [-0.05, 0) is 31.5 Å². The highest BCUT2D eigenvalue weighted by Crippen LogP contribution is 2.27. The second-order valence-corrected chi connectivity index (χ2v) is 4.35. The van der Waals surface area contributed by atoms with E-state index in [0.717, 1.165) is 5.56 Å². The van der Waals surface area contributed by atoms with Gasteiger partial charge in [-0.3, -0.25) is 14.9 Å². The van der Waals surface area contributed by atoms with E-state index in [-0.39, 0.29) is 18.1 Å². The van der Waals surface area contributed by atoms with Crippen molar-refractivity contribution in [3.8, 4) is 0 Å². The average molecular weight is 316 g/mol. The number of hydrogen-bond acceptors (Lipinski definition) is 4. The number of carbonyl (C=O) groups is 1. The molecule has 98 valence electrons. The lowest BCUT2D eigenvalue weighted by Gasteiger charge is -2.07. The Morgan fingerprint density at radius 2 is 2.17 bits per heavy atom. The summed E-state index contributed by atoms with van der Waals surface area (Å²) in [4.78, 5) is 21.9. The summed E-state index contributed by atoms with van der Waals surface area (Å²) in [6.45, 7) is 3.73. The van der Waals surface area contributed by atoms with E-state index < -0.39 is 4.92 Å². The molecule has 0 saturated carbocycles. The number of aryl methyl sites for hydroxylation is 1. The third-order valence-electron chi connectivity index (χ3n) is 2.42. The van der Waals surface area contributed by atoms with Gasteiger partial charge in [-0.1, -0.05) is 15.9 Å². The highest BCUT2D eigenvalue weighted by molar-refractivity contribution is 9.08. The lowest BCUT2D eigenvalue weighted by molar-refractivity contribution is -0.386. The molecule has 5 nitrogen and oxygen atoms in total. The van der Waals surface area contributed by atoms with Crippen molar-refractivity contribution in [3.05, 3.63) is 38.9 Å². The van der Waals surface area contributed by atoms with Gasteiger partial charge in [0.1, 0.15) is 0 Å². The van der Waals surface area contributed by atoms with Crippen molar-refractivity contribution in [2.75, 3.05) is 6.61 Å². The fourth-order valence-corrected chi connectivity index (χ4v) is 2.20. The summed E-state index contributed by atoms with van der Waals surface area (Å²) in [5.74, 6) is -0.328. The normalized spacial score (nSPS) is 10.2. The molecule has 0 aliphatic rings. The second-order valence-electron chi connectivity index (χ2n) is 3.79. The number of alkyl halides is 1. The smallest absolute Gasteiger partial charge is 0.310 e. The van der Waals surface area contributed by atoms with Crippen molar-refractivity contribution in [3.63, 3.8) is 0 Å². The summed E-state index contributed by atoms with van der Waals surface area (Å²) >= 11 is 3.22. The number of nitrogens with zero attached hydrogens (tertiary/aromatic N) is 1. The van der Waals surface area contributed by atoms with Crippen molar-refractivity contribution in [1.82, 2.24) is 0 Å². The molecule has 0 amide bonds. The Balaban J connectivity index is 3.07. The van der Waals surface area contributed by atoms with Crippen LogP contribution in [0.5, 0.6) is 0 Å². The van der Waals surface area contributed by atoms with Crippen LogP contribution in [0.4, 0.5) is 5.69 Å². The molecule has 0 atom stereocenters. The summed E-state index contributed by atoms with van der Waals surface area (Å²) < 4.78 is 4.85. The third kappa shape index (κ3) is 3.53. The van der Waals surface area contributed by atoms with E-state index in [1.54, 1.807) is 26.0 Å². The Hall–Kier alpha value is -1.43. The van der Waals surface area contributed by atoms with Crippen molar-refractivity contribution < 1.29 is 14.5 Å². The zero-order valence-corrected chi connectivity index (χ0v) is 11.8. The lowest BCUT2D eigenvalue weighted by Crippen LogP contribution is -2.08. The maximum absolute atomic E-state index is 11.4. The number of hydrogen-bond donors (Lipinski definition) is 0. The van der Waals surface area contributed by atoms with Gasteiger partial charge >= 0.3 is 5.97 Å². The van der Waals surface area contributed by atoms with E-state index in [0.29, 0.717) is 23.1 Å². The first-order valence-corrected chi connectivity index (χ1v) is 6.60. The molecule has 0 fully saturated rings. The molecule has 0 aliphatic carbocycles. The summed E-state index contributed by atoms with van der Waals surface area (Å²) in [6.07, 6.45) is 0.132. The minimum absolute atomic E-state index is 0.0967. The van der Waals surface area contributed by atoms with Gasteiger partial charge in [-0.25, -0.2) is 0 Å².